The van der Waals surface area contributed by atoms with Gasteiger partial charge in [-0.1, -0.05) is 18.2 Å². The van der Waals surface area contributed by atoms with Gasteiger partial charge in [-0.25, -0.2) is 9.59 Å². The highest BCUT2D eigenvalue weighted by Crippen LogP contribution is 2.35. The molecule has 0 saturated carbocycles. The van der Waals surface area contributed by atoms with Crippen molar-refractivity contribution in [3.05, 3.63) is 50.7 Å². The van der Waals surface area contributed by atoms with Gasteiger partial charge in [0.15, 0.2) is 0 Å². The highest BCUT2D eigenvalue weighted by Gasteiger charge is 2.31. The number of hydrogen-bond acceptors (Lipinski definition) is 4. The fourth-order valence-corrected chi connectivity index (χ4v) is 3.82. The van der Waals surface area contributed by atoms with Crippen molar-refractivity contribution in [1.29, 1.82) is 0 Å². The Labute approximate surface area is 150 Å². The predicted molar refractivity (Wildman–Crippen MR) is 93.1 cm³/mol. The van der Waals surface area contributed by atoms with Crippen molar-refractivity contribution in [3.63, 3.8) is 0 Å². The first-order chi connectivity index (χ1) is 11.0. The highest BCUT2D eigenvalue weighted by atomic mass is 79.9. The molecule has 0 spiro atoms. The van der Waals surface area contributed by atoms with Gasteiger partial charge in [0.2, 0.25) is 0 Å². The zero-order valence-corrected chi connectivity index (χ0v) is 15.8. The van der Waals surface area contributed by atoms with Crippen LogP contribution in [0.5, 0.6) is 0 Å². The minimum absolute atomic E-state index is 0.140. The number of aromatic nitrogens is 1. The van der Waals surface area contributed by atoms with Gasteiger partial charge in [0.05, 0.1) is 13.2 Å². The van der Waals surface area contributed by atoms with Crippen molar-refractivity contribution in [2.24, 2.45) is 0 Å². The zero-order valence-electron chi connectivity index (χ0n) is 12.6. The summed E-state index contributed by atoms with van der Waals surface area (Å²) in [5, 5.41) is 0. The fourth-order valence-electron chi connectivity index (χ4n) is 2.10. The fraction of sp³-hybridized carbons (Fsp3) is 0.250. The summed E-state index contributed by atoms with van der Waals surface area (Å²) in [5.74, 6) is -1.17. The minimum atomic E-state index is -0.585. The number of benzene rings is 1. The lowest BCUT2D eigenvalue weighted by Crippen LogP contribution is -2.12. The van der Waals surface area contributed by atoms with Crippen LogP contribution in [0, 0.1) is 0 Å². The van der Waals surface area contributed by atoms with Gasteiger partial charge in [-0.2, -0.15) is 0 Å². The lowest BCUT2D eigenvalue weighted by molar-refractivity contribution is 0.0479. The number of esters is 2. The number of para-hydroxylation sites is 1. The van der Waals surface area contributed by atoms with Gasteiger partial charge in [-0.15, -0.1) is 0 Å². The number of nitrogens with zero attached hydrogens (tertiary/aromatic N) is 1. The molecular formula is C16H15Br2NO4. The summed E-state index contributed by atoms with van der Waals surface area (Å²) >= 11 is 6.81. The molecule has 122 valence electrons. The van der Waals surface area contributed by atoms with Gasteiger partial charge in [-0.05, 0) is 57.8 Å². The molecule has 0 atom stereocenters. The minimum Gasteiger partial charge on any atom is -0.462 e. The van der Waals surface area contributed by atoms with Gasteiger partial charge < -0.3 is 9.47 Å². The summed E-state index contributed by atoms with van der Waals surface area (Å²) in [6.07, 6.45) is 0. The molecule has 0 fully saturated rings. The second kappa shape index (κ2) is 7.79. The smallest absolute Gasteiger partial charge is 0.341 e. The van der Waals surface area contributed by atoms with E-state index in [1.54, 1.807) is 18.4 Å². The molecule has 5 nitrogen and oxygen atoms in total. The van der Waals surface area contributed by atoms with Crippen molar-refractivity contribution < 1.29 is 19.1 Å². The summed E-state index contributed by atoms with van der Waals surface area (Å²) in [7, 11) is 0. The third-order valence-electron chi connectivity index (χ3n) is 3.03. The quantitative estimate of drug-likeness (QED) is 0.643. The SMILES string of the molecule is CCOC(=O)c1c(C(=O)OCC)c(Br)n(-c2ccccc2)c1Br. The number of carbonyl (C=O) groups is 2. The van der Waals surface area contributed by atoms with E-state index >= 15 is 0 Å². The molecule has 1 aromatic carbocycles. The summed E-state index contributed by atoms with van der Waals surface area (Å²) in [6, 6.07) is 9.33. The number of ether oxygens (including phenoxy) is 2. The van der Waals surface area contributed by atoms with E-state index in [0.29, 0.717) is 9.21 Å². The van der Waals surface area contributed by atoms with E-state index in [9.17, 15) is 9.59 Å². The van der Waals surface area contributed by atoms with Crippen LogP contribution in [0.4, 0.5) is 0 Å². The van der Waals surface area contributed by atoms with Crippen molar-refractivity contribution in [1.82, 2.24) is 4.57 Å². The Morgan fingerprint density at radius 1 is 0.913 bits per heavy atom. The Morgan fingerprint density at radius 2 is 1.35 bits per heavy atom. The Balaban J connectivity index is 2.69. The summed E-state index contributed by atoms with van der Waals surface area (Å²) < 4.78 is 12.7. The maximum absolute atomic E-state index is 12.3. The molecule has 0 bridgehead atoms. The van der Waals surface area contributed by atoms with Crippen molar-refractivity contribution in [2.45, 2.75) is 13.8 Å². The molecule has 23 heavy (non-hydrogen) atoms. The number of carbonyl (C=O) groups excluding carboxylic acids is 2. The second-order valence-electron chi connectivity index (χ2n) is 4.44. The molecule has 0 aliphatic rings. The predicted octanol–water partition coefficient (Wildman–Crippen LogP) is 4.36. The molecule has 0 amide bonds. The van der Waals surface area contributed by atoms with E-state index in [1.165, 1.54) is 0 Å². The molecule has 0 radical (unpaired) electrons. The molecule has 2 aromatic rings. The molecule has 1 heterocycles. The Hall–Kier alpha value is -1.60. The van der Waals surface area contributed by atoms with Gasteiger partial charge in [0.25, 0.3) is 0 Å². The number of rotatable bonds is 5. The van der Waals surface area contributed by atoms with Crippen LogP contribution in [0.2, 0.25) is 0 Å². The third-order valence-corrected chi connectivity index (χ3v) is 4.53. The third kappa shape index (κ3) is 3.50. The van der Waals surface area contributed by atoms with Crippen LogP contribution in [-0.2, 0) is 9.47 Å². The molecular weight excluding hydrogens is 430 g/mol. The normalized spacial score (nSPS) is 10.4. The van der Waals surface area contributed by atoms with Crippen LogP contribution < -0.4 is 0 Å². The standard InChI is InChI=1S/C16H15Br2NO4/c1-3-22-15(20)11-12(16(21)23-4-2)14(18)19(13(11)17)10-8-6-5-7-9-10/h5-9H,3-4H2,1-2H3. The molecule has 1 aromatic heterocycles. The van der Waals surface area contributed by atoms with Gasteiger partial charge in [0, 0.05) is 5.69 Å². The maximum atomic E-state index is 12.3. The summed E-state index contributed by atoms with van der Waals surface area (Å²) in [5.41, 5.74) is 1.06. The monoisotopic (exact) mass is 443 g/mol. The topological polar surface area (TPSA) is 57.5 Å². The molecule has 2 rings (SSSR count). The van der Waals surface area contributed by atoms with Gasteiger partial charge in [-0.3, -0.25) is 4.57 Å². The zero-order chi connectivity index (χ0) is 17.0. The number of halogens is 2. The Morgan fingerprint density at radius 3 is 1.74 bits per heavy atom. The largest absolute Gasteiger partial charge is 0.462 e. The van der Waals surface area contributed by atoms with E-state index in [4.69, 9.17) is 9.47 Å². The maximum Gasteiger partial charge on any atom is 0.341 e. The van der Waals surface area contributed by atoms with Gasteiger partial charge in [0.1, 0.15) is 20.3 Å². The van der Waals surface area contributed by atoms with Crippen molar-refractivity contribution in [3.8, 4) is 5.69 Å². The molecule has 0 aliphatic heterocycles. The van der Waals surface area contributed by atoms with Crippen molar-refractivity contribution >= 4 is 43.8 Å². The van der Waals surface area contributed by atoms with E-state index in [2.05, 4.69) is 31.9 Å². The van der Waals surface area contributed by atoms with Crippen LogP contribution in [0.25, 0.3) is 5.69 Å². The summed E-state index contributed by atoms with van der Waals surface area (Å²) in [6.45, 7) is 3.83. The Bertz CT molecular complexity index is 684. The average Bonchev–Trinajstić information content (AvgIpc) is 2.79. The van der Waals surface area contributed by atoms with E-state index in [1.807, 2.05) is 30.3 Å². The van der Waals surface area contributed by atoms with Crippen LogP contribution in [-0.4, -0.2) is 29.7 Å². The highest BCUT2D eigenvalue weighted by molar-refractivity contribution is 9.11. The molecule has 0 N–H and O–H groups in total. The second-order valence-corrected chi connectivity index (χ2v) is 5.95. The molecule has 0 aliphatic carbocycles. The van der Waals surface area contributed by atoms with Crippen LogP contribution in [0.1, 0.15) is 34.6 Å². The first-order valence-corrected chi connectivity index (χ1v) is 8.60. The molecule has 0 unspecified atom stereocenters. The lowest BCUT2D eigenvalue weighted by atomic mass is 10.2. The number of hydrogen-bond donors (Lipinski definition) is 0. The lowest BCUT2D eigenvalue weighted by Gasteiger charge is -2.07. The van der Waals surface area contributed by atoms with Crippen molar-refractivity contribution in [2.75, 3.05) is 13.2 Å². The summed E-state index contributed by atoms with van der Waals surface area (Å²) in [4.78, 5) is 24.6. The van der Waals surface area contributed by atoms with Crippen LogP contribution in [0.15, 0.2) is 39.5 Å². The van der Waals surface area contributed by atoms with E-state index in [0.717, 1.165) is 5.69 Å². The molecule has 0 saturated heterocycles. The van der Waals surface area contributed by atoms with E-state index < -0.39 is 11.9 Å². The first kappa shape index (κ1) is 17.7. The van der Waals surface area contributed by atoms with Gasteiger partial charge >= 0.3 is 11.9 Å². The average molecular weight is 445 g/mol. The first-order valence-electron chi connectivity index (χ1n) is 7.02. The van der Waals surface area contributed by atoms with Crippen LogP contribution >= 0.6 is 31.9 Å². The Kier molecular flexibility index (Phi) is 6.01. The van der Waals surface area contributed by atoms with E-state index in [-0.39, 0.29) is 24.3 Å². The molecule has 7 heteroatoms. The van der Waals surface area contributed by atoms with Crippen LogP contribution in [0.3, 0.4) is 0 Å².